The van der Waals surface area contributed by atoms with Gasteiger partial charge < -0.3 is 5.32 Å². The third-order valence-electron chi connectivity index (χ3n) is 1.87. The lowest BCUT2D eigenvalue weighted by Crippen LogP contribution is -2.06. The van der Waals surface area contributed by atoms with Crippen LogP contribution in [-0.4, -0.2) is 18.1 Å². The normalized spacial score (nSPS) is 9.19. The van der Waals surface area contributed by atoms with Crippen molar-refractivity contribution in [3.05, 3.63) is 28.2 Å². The van der Waals surface area contributed by atoms with E-state index in [1.807, 2.05) is 18.2 Å². The quantitative estimate of drug-likeness (QED) is 0.670. The average Bonchev–Trinajstić information content (AvgIpc) is 2.29. The second kappa shape index (κ2) is 7.22. The molecular formula is C12H11BrN2S. The molecule has 0 aliphatic rings. The third-order valence-corrected chi connectivity index (χ3v) is 3.40. The van der Waals surface area contributed by atoms with Crippen LogP contribution in [0.15, 0.2) is 22.7 Å². The largest absolute Gasteiger partial charge is 0.383 e. The number of nitrogens with zero attached hydrogens (tertiary/aromatic N) is 1. The van der Waals surface area contributed by atoms with Crippen LogP contribution in [0.4, 0.5) is 5.69 Å². The summed E-state index contributed by atoms with van der Waals surface area (Å²) >= 11 is 5.04. The van der Waals surface area contributed by atoms with Crippen LogP contribution in [0, 0.1) is 23.7 Å². The number of terminal acetylenes is 1. The van der Waals surface area contributed by atoms with Crippen LogP contribution in [0.1, 0.15) is 5.56 Å². The lowest BCUT2D eigenvalue weighted by molar-refractivity contribution is 1.22. The summed E-state index contributed by atoms with van der Waals surface area (Å²) in [7, 11) is 0. The Morgan fingerprint density at radius 1 is 1.50 bits per heavy atom. The summed E-state index contributed by atoms with van der Waals surface area (Å²) in [4.78, 5) is 0. The fraction of sp³-hybridized carbons (Fsp3) is 0.250. The number of nitrogens with one attached hydrogen (secondary N) is 1. The predicted octanol–water partition coefficient (Wildman–Crippen LogP) is 3.10. The Morgan fingerprint density at radius 2 is 2.31 bits per heavy atom. The molecule has 1 aromatic rings. The molecule has 4 heteroatoms. The Labute approximate surface area is 109 Å². The minimum atomic E-state index is 0.643. The summed E-state index contributed by atoms with van der Waals surface area (Å²) < 4.78 is 0.816. The first kappa shape index (κ1) is 13.0. The topological polar surface area (TPSA) is 35.8 Å². The predicted molar refractivity (Wildman–Crippen MR) is 73.5 cm³/mol. The van der Waals surface area contributed by atoms with E-state index in [0.717, 1.165) is 28.2 Å². The van der Waals surface area contributed by atoms with Gasteiger partial charge in [-0.1, -0.05) is 12.0 Å². The summed E-state index contributed by atoms with van der Waals surface area (Å²) in [5, 5.41) is 12.2. The van der Waals surface area contributed by atoms with Gasteiger partial charge in [0.25, 0.3) is 0 Å². The van der Waals surface area contributed by atoms with E-state index < -0.39 is 0 Å². The third kappa shape index (κ3) is 3.81. The van der Waals surface area contributed by atoms with Crippen molar-refractivity contribution in [2.24, 2.45) is 0 Å². The lowest BCUT2D eigenvalue weighted by Gasteiger charge is -2.08. The van der Waals surface area contributed by atoms with Crippen molar-refractivity contribution in [3.8, 4) is 18.4 Å². The van der Waals surface area contributed by atoms with E-state index in [-0.39, 0.29) is 0 Å². The molecule has 1 N–H and O–H groups in total. The van der Waals surface area contributed by atoms with Gasteiger partial charge in [-0.3, -0.25) is 0 Å². The van der Waals surface area contributed by atoms with E-state index in [0.29, 0.717) is 5.56 Å². The highest BCUT2D eigenvalue weighted by atomic mass is 79.9. The number of nitriles is 1. The first-order chi connectivity index (χ1) is 7.79. The Balaban J connectivity index is 2.52. The van der Waals surface area contributed by atoms with Crippen molar-refractivity contribution in [2.75, 3.05) is 23.4 Å². The number of benzene rings is 1. The summed E-state index contributed by atoms with van der Waals surface area (Å²) in [6.45, 7) is 0.803. The van der Waals surface area contributed by atoms with Crippen molar-refractivity contribution in [1.29, 1.82) is 5.26 Å². The number of rotatable bonds is 5. The summed E-state index contributed by atoms with van der Waals surface area (Å²) in [6, 6.07) is 7.83. The number of thioether (sulfide) groups is 1. The highest BCUT2D eigenvalue weighted by Gasteiger charge is 2.04. The minimum Gasteiger partial charge on any atom is -0.383 e. The molecule has 0 bridgehead atoms. The molecule has 0 aromatic heterocycles. The van der Waals surface area contributed by atoms with Gasteiger partial charge in [0.2, 0.25) is 0 Å². The Hall–Kier alpha value is -1.10. The first-order valence-corrected chi connectivity index (χ1v) is 6.68. The molecule has 1 rings (SSSR count). The SMILES string of the molecule is C#CCSCCNc1cccc(Br)c1C#N. The average molecular weight is 295 g/mol. The number of halogens is 1. The smallest absolute Gasteiger partial charge is 0.103 e. The molecule has 0 heterocycles. The molecule has 0 radical (unpaired) electrons. The fourth-order valence-corrected chi connectivity index (χ4v) is 2.14. The number of anilines is 1. The van der Waals surface area contributed by atoms with Crippen molar-refractivity contribution in [2.45, 2.75) is 0 Å². The Kier molecular flexibility index (Phi) is 5.85. The van der Waals surface area contributed by atoms with Gasteiger partial charge in [-0.05, 0) is 28.1 Å². The second-order valence-corrected chi connectivity index (χ2v) is 4.92. The van der Waals surface area contributed by atoms with Crippen LogP contribution < -0.4 is 5.32 Å². The molecule has 0 fully saturated rings. The highest BCUT2D eigenvalue weighted by molar-refractivity contribution is 9.10. The first-order valence-electron chi connectivity index (χ1n) is 4.73. The monoisotopic (exact) mass is 294 g/mol. The lowest BCUT2D eigenvalue weighted by atomic mass is 10.2. The van der Waals surface area contributed by atoms with Gasteiger partial charge in [0.15, 0.2) is 0 Å². The number of hydrogen-bond donors (Lipinski definition) is 1. The molecule has 82 valence electrons. The van der Waals surface area contributed by atoms with Crippen LogP contribution in [0.2, 0.25) is 0 Å². The standard InChI is InChI=1S/C12H11BrN2S/c1-2-7-16-8-6-15-12-5-3-4-11(13)10(12)9-14/h1,3-5,15H,6-8H2. The van der Waals surface area contributed by atoms with Gasteiger partial charge in [0.05, 0.1) is 17.0 Å². The van der Waals surface area contributed by atoms with E-state index in [4.69, 9.17) is 11.7 Å². The molecule has 16 heavy (non-hydrogen) atoms. The molecule has 0 unspecified atom stereocenters. The zero-order chi connectivity index (χ0) is 11.8. The number of hydrogen-bond acceptors (Lipinski definition) is 3. The van der Waals surface area contributed by atoms with Crippen molar-refractivity contribution in [1.82, 2.24) is 0 Å². The second-order valence-electron chi connectivity index (χ2n) is 2.96. The zero-order valence-corrected chi connectivity index (χ0v) is 11.1. The van der Waals surface area contributed by atoms with E-state index in [2.05, 4.69) is 33.2 Å². The maximum Gasteiger partial charge on any atom is 0.103 e. The van der Waals surface area contributed by atoms with Gasteiger partial charge in [-0.15, -0.1) is 18.2 Å². The summed E-state index contributed by atoms with van der Waals surface area (Å²) in [5.74, 6) is 4.23. The highest BCUT2D eigenvalue weighted by Crippen LogP contribution is 2.23. The van der Waals surface area contributed by atoms with E-state index in [1.54, 1.807) is 11.8 Å². The van der Waals surface area contributed by atoms with Gasteiger partial charge in [0.1, 0.15) is 6.07 Å². The van der Waals surface area contributed by atoms with Gasteiger partial charge in [0, 0.05) is 16.8 Å². The van der Waals surface area contributed by atoms with Crippen molar-refractivity contribution < 1.29 is 0 Å². The maximum absolute atomic E-state index is 8.99. The van der Waals surface area contributed by atoms with Gasteiger partial charge >= 0.3 is 0 Å². The molecule has 0 saturated carbocycles. The molecule has 0 amide bonds. The van der Waals surface area contributed by atoms with Crippen LogP contribution in [-0.2, 0) is 0 Å². The van der Waals surface area contributed by atoms with Gasteiger partial charge in [-0.25, -0.2) is 0 Å². The van der Waals surface area contributed by atoms with Crippen LogP contribution in [0.3, 0.4) is 0 Å². The van der Waals surface area contributed by atoms with E-state index >= 15 is 0 Å². The van der Waals surface area contributed by atoms with Gasteiger partial charge in [-0.2, -0.15) is 5.26 Å². The van der Waals surface area contributed by atoms with Crippen LogP contribution in [0.5, 0.6) is 0 Å². The van der Waals surface area contributed by atoms with Crippen molar-refractivity contribution in [3.63, 3.8) is 0 Å². The molecule has 0 aliphatic heterocycles. The van der Waals surface area contributed by atoms with Crippen LogP contribution in [0.25, 0.3) is 0 Å². The fourth-order valence-electron chi connectivity index (χ4n) is 1.17. The summed E-state index contributed by atoms with van der Waals surface area (Å²) in [5.41, 5.74) is 1.50. The molecule has 0 atom stereocenters. The summed E-state index contributed by atoms with van der Waals surface area (Å²) in [6.07, 6.45) is 5.15. The molecule has 1 aromatic carbocycles. The Morgan fingerprint density at radius 3 is 3.00 bits per heavy atom. The molecule has 0 spiro atoms. The molecule has 2 nitrogen and oxygen atoms in total. The molecule has 0 aliphatic carbocycles. The van der Waals surface area contributed by atoms with E-state index in [9.17, 15) is 0 Å². The van der Waals surface area contributed by atoms with Crippen molar-refractivity contribution >= 4 is 33.4 Å². The Bertz CT molecular complexity index is 432. The molecule has 0 saturated heterocycles. The zero-order valence-electron chi connectivity index (χ0n) is 8.66. The van der Waals surface area contributed by atoms with Crippen LogP contribution >= 0.6 is 27.7 Å². The minimum absolute atomic E-state index is 0.643. The van der Waals surface area contributed by atoms with E-state index in [1.165, 1.54) is 0 Å². The molecular weight excluding hydrogens is 284 g/mol. The maximum atomic E-state index is 8.99.